The summed E-state index contributed by atoms with van der Waals surface area (Å²) in [4.78, 5) is 38.3. The third-order valence-electron chi connectivity index (χ3n) is 7.90. The number of carbonyl (C=O) groups excluding carboxylic acids is 3. The van der Waals surface area contributed by atoms with Gasteiger partial charge in [-0.05, 0) is 97.1 Å². The average molecular weight is 400 g/mol. The molecule has 1 heterocycles. The maximum absolute atomic E-state index is 13.2. The highest BCUT2D eigenvalue weighted by Gasteiger charge is 2.52. The third-order valence-corrected chi connectivity index (χ3v) is 7.90. The second-order valence-corrected chi connectivity index (χ2v) is 9.74. The number of anilines is 1. The largest absolute Gasteiger partial charge is 0.545 e. The molecule has 5 aliphatic rings. The quantitative estimate of drug-likeness (QED) is 0.741. The number of carboxylic acids is 1. The number of carboxylic acid groups (broad SMARTS) is 1. The van der Waals surface area contributed by atoms with Crippen LogP contribution in [0, 0.1) is 17.8 Å². The minimum atomic E-state index is -1.29. The lowest BCUT2D eigenvalue weighted by atomic mass is 9.48. The summed E-state index contributed by atoms with van der Waals surface area (Å²) < 4.78 is 0. The van der Waals surface area contributed by atoms with Crippen molar-refractivity contribution in [2.45, 2.75) is 43.9 Å². The normalized spacial score (nSPS) is 31.3. The van der Waals surface area contributed by atoms with Gasteiger partial charge >= 0.3 is 0 Å². The molecule has 0 spiro atoms. The Morgan fingerprint density at radius 1 is 0.833 bits per heavy atom. The SMILES string of the molecule is O=C([O-])c1ccc(N2C(=O)c3ccc(C45CC6CC(CC(C6)C4)C5)cc3C2=O)cc1. The number of rotatable bonds is 3. The first kappa shape index (κ1) is 17.9. The van der Waals surface area contributed by atoms with Gasteiger partial charge in [-0.3, -0.25) is 9.59 Å². The molecule has 5 nitrogen and oxygen atoms in total. The molecule has 0 aromatic heterocycles. The molecular formula is C25H22NO4-. The summed E-state index contributed by atoms with van der Waals surface area (Å²) in [7, 11) is 0. The third kappa shape index (κ3) is 2.44. The molecule has 30 heavy (non-hydrogen) atoms. The number of amides is 2. The maximum Gasteiger partial charge on any atom is 0.266 e. The minimum absolute atomic E-state index is 0.0134. The Balaban J connectivity index is 1.36. The molecule has 0 saturated heterocycles. The first-order chi connectivity index (χ1) is 14.4. The Bertz CT molecular complexity index is 1070. The molecule has 1 aliphatic heterocycles. The molecule has 7 rings (SSSR count). The summed E-state index contributed by atoms with van der Waals surface area (Å²) >= 11 is 0. The highest BCUT2D eigenvalue weighted by atomic mass is 16.4. The van der Waals surface area contributed by atoms with E-state index in [1.54, 1.807) is 0 Å². The van der Waals surface area contributed by atoms with Crippen LogP contribution in [0.5, 0.6) is 0 Å². The topological polar surface area (TPSA) is 77.5 Å². The number of carbonyl (C=O) groups is 3. The van der Waals surface area contributed by atoms with Gasteiger partial charge in [-0.25, -0.2) is 4.90 Å². The molecule has 152 valence electrons. The number of fused-ring (bicyclic) bond motifs is 1. The summed E-state index contributed by atoms with van der Waals surface area (Å²) in [5, 5.41) is 11.0. The second-order valence-electron chi connectivity index (χ2n) is 9.74. The van der Waals surface area contributed by atoms with Crippen molar-refractivity contribution in [2.75, 3.05) is 4.90 Å². The van der Waals surface area contributed by atoms with Crippen molar-refractivity contribution in [1.29, 1.82) is 0 Å². The molecule has 5 heteroatoms. The zero-order valence-electron chi connectivity index (χ0n) is 16.6. The van der Waals surface area contributed by atoms with Gasteiger partial charge in [-0.15, -0.1) is 0 Å². The molecule has 0 N–H and O–H groups in total. The monoisotopic (exact) mass is 400 g/mol. The zero-order chi connectivity index (χ0) is 20.6. The second kappa shape index (κ2) is 6.03. The molecule has 2 aromatic carbocycles. The number of imide groups is 1. The molecular weight excluding hydrogens is 378 g/mol. The lowest BCUT2D eigenvalue weighted by Gasteiger charge is -2.57. The molecule has 4 aliphatic carbocycles. The fourth-order valence-electron chi connectivity index (χ4n) is 7.02. The van der Waals surface area contributed by atoms with Crippen LogP contribution < -0.4 is 10.0 Å². The maximum atomic E-state index is 13.2. The van der Waals surface area contributed by atoms with Crippen molar-refractivity contribution in [1.82, 2.24) is 0 Å². The van der Waals surface area contributed by atoms with Gasteiger partial charge in [0, 0.05) is 0 Å². The Hall–Kier alpha value is -2.95. The van der Waals surface area contributed by atoms with E-state index in [1.165, 1.54) is 68.4 Å². The summed E-state index contributed by atoms with van der Waals surface area (Å²) in [6.45, 7) is 0. The van der Waals surface area contributed by atoms with Gasteiger partial charge in [-0.1, -0.05) is 18.2 Å². The van der Waals surface area contributed by atoms with E-state index in [4.69, 9.17) is 0 Å². The van der Waals surface area contributed by atoms with E-state index >= 15 is 0 Å². The molecule has 0 unspecified atom stereocenters. The molecule has 4 bridgehead atoms. The van der Waals surface area contributed by atoms with Gasteiger partial charge in [0.15, 0.2) is 0 Å². The van der Waals surface area contributed by atoms with Gasteiger partial charge < -0.3 is 9.90 Å². The van der Waals surface area contributed by atoms with E-state index in [-0.39, 0.29) is 22.8 Å². The first-order valence-electron chi connectivity index (χ1n) is 10.8. The number of hydrogen-bond acceptors (Lipinski definition) is 4. The molecule has 4 fully saturated rings. The van der Waals surface area contributed by atoms with Crippen LogP contribution in [0.4, 0.5) is 5.69 Å². The van der Waals surface area contributed by atoms with Gasteiger partial charge in [0.05, 0.1) is 22.8 Å². The molecule has 0 radical (unpaired) electrons. The van der Waals surface area contributed by atoms with Crippen LogP contribution in [0.1, 0.15) is 75.2 Å². The zero-order valence-corrected chi connectivity index (χ0v) is 16.6. The summed E-state index contributed by atoms with van der Waals surface area (Å²) in [5.74, 6) is 0.446. The Kier molecular flexibility index (Phi) is 3.59. The van der Waals surface area contributed by atoms with Crippen LogP contribution in [0.3, 0.4) is 0 Å². The van der Waals surface area contributed by atoms with Gasteiger partial charge in [-0.2, -0.15) is 0 Å². The van der Waals surface area contributed by atoms with Crippen molar-refractivity contribution >= 4 is 23.5 Å². The number of aromatic carboxylic acids is 1. The summed E-state index contributed by atoms with van der Waals surface area (Å²) in [6, 6.07) is 11.5. The lowest BCUT2D eigenvalue weighted by Crippen LogP contribution is -2.48. The van der Waals surface area contributed by atoms with E-state index in [1.807, 2.05) is 12.1 Å². The van der Waals surface area contributed by atoms with E-state index < -0.39 is 5.97 Å². The first-order valence-corrected chi connectivity index (χ1v) is 10.8. The number of benzene rings is 2. The smallest absolute Gasteiger partial charge is 0.266 e. The Labute approximate surface area is 174 Å². The molecule has 0 atom stereocenters. The predicted octanol–water partition coefficient (Wildman–Crippen LogP) is 3.32. The summed E-state index contributed by atoms with van der Waals surface area (Å²) in [6.07, 6.45) is 7.68. The van der Waals surface area contributed by atoms with Crippen LogP contribution in [0.15, 0.2) is 42.5 Å². The fraction of sp³-hybridized carbons (Fsp3) is 0.400. The van der Waals surface area contributed by atoms with E-state index in [0.717, 1.165) is 22.7 Å². The standard InChI is InChI=1S/C25H23NO4/c27-22-20-6-3-18(25-11-14-7-15(12-25)9-16(8-14)13-25)10-21(20)23(28)26(22)19-4-1-17(2-5-19)24(29)30/h1-6,10,14-16H,7-9,11-13H2,(H,29,30)/p-1. The van der Waals surface area contributed by atoms with E-state index in [9.17, 15) is 19.5 Å². The van der Waals surface area contributed by atoms with Crippen LogP contribution >= 0.6 is 0 Å². The van der Waals surface area contributed by atoms with E-state index in [2.05, 4.69) is 6.07 Å². The van der Waals surface area contributed by atoms with Crippen molar-refractivity contribution in [2.24, 2.45) is 17.8 Å². The molecule has 2 amide bonds. The summed E-state index contributed by atoms with van der Waals surface area (Å²) in [5.41, 5.74) is 2.67. The molecule has 4 saturated carbocycles. The number of nitrogens with zero attached hydrogens (tertiary/aromatic N) is 1. The lowest BCUT2D eigenvalue weighted by molar-refractivity contribution is -0.255. The predicted molar refractivity (Wildman–Crippen MR) is 108 cm³/mol. The van der Waals surface area contributed by atoms with Crippen LogP contribution in [-0.4, -0.2) is 17.8 Å². The molecule has 2 aromatic rings. The van der Waals surface area contributed by atoms with Crippen molar-refractivity contribution in [3.8, 4) is 0 Å². The Morgan fingerprint density at radius 2 is 1.40 bits per heavy atom. The average Bonchev–Trinajstić information content (AvgIpc) is 2.97. The Morgan fingerprint density at radius 3 is 1.97 bits per heavy atom. The van der Waals surface area contributed by atoms with Crippen LogP contribution in [-0.2, 0) is 5.41 Å². The van der Waals surface area contributed by atoms with Crippen molar-refractivity contribution in [3.05, 3.63) is 64.7 Å². The van der Waals surface area contributed by atoms with Crippen LogP contribution in [0.25, 0.3) is 0 Å². The minimum Gasteiger partial charge on any atom is -0.545 e. The van der Waals surface area contributed by atoms with Crippen molar-refractivity contribution < 1.29 is 19.5 Å². The van der Waals surface area contributed by atoms with Crippen molar-refractivity contribution in [3.63, 3.8) is 0 Å². The van der Waals surface area contributed by atoms with E-state index in [0.29, 0.717) is 16.8 Å². The van der Waals surface area contributed by atoms with Gasteiger partial charge in [0.25, 0.3) is 11.8 Å². The fourth-order valence-corrected chi connectivity index (χ4v) is 7.02. The highest BCUT2D eigenvalue weighted by Crippen LogP contribution is 2.60. The van der Waals surface area contributed by atoms with Crippen LogP contribution in [0.2, 0.25) is 0 Å². The van der Waals surface area contributed by atoms with Gasteiger partial charge in [0.2, 0.25) is 0 Å². The number of hydrogen-bond donors (Lipinski definition) is 0. The highest BCUT2D eigenvalue weighted by molar-refractivity contribution is 6.34. The van der Waals surface area contributed by atoms with Gasteiger partial charge in [0.1, 0.15) is 0 Å².